The Bertz CT molecular complexity index is 1050. The van der Waals surface area contributed by atoms with Gasteiger partial charge < -0.3 is 16.0 Å². The minimum Gasteiger partial charge on any atom is -0.367 e. The van der Waals surface area contributed by atoms with Gasteiger partial charge in [-0.15, -0.1) is 0 Å². The topological polar surface area (TPSA) is 73.7 Å². The van der Waals surface area contributed by atoms with Gasteiger partial charge in [0.2, 0.25) is 0 Å². The van der Waals surface area contributed by atoms with E-state index >= 15 is 0 Å². The third-order valence-electron chi connectivity index (χ3n) is 5.60. The summed E-state index contributed by atoms with van der Waals surface area (Å²) in [5, 5.41) is 14.9. The van der Waals surface area contributed by atoms with Crippen molar-refractivity contribution in [3.05, 3.63) is 69.8 Å². The normalized spacial score (nSPS) is 18.4. The van der Waals surface area contributed by atoms with Crippen LogP contribution in [0.4, 0.5) is 11.6 Å². The molecule has 1 fully saturated rings. The molecule has 31 heavy (non-hydrogen) atoms. The first kappa shape index (κ1) is 21.8. The zero-order valence-electron chi connectivity index (χ0n) is 17.1. The average molecular weight is 499 g/mol. The molecule has 0 bridgehead atoms. The second-order valence-corrected chi connectivity index (χ2v) is 9.19. The Balaban J connectivity index is 1.46. The lowest BCUT2D eigenvalue weighted by atomic mass is 9.87. The lowest BCUT2D eigenvalue weighted by Gasteiger charge is -2.27. The fourth-order valence-electron chi connectivity index (χ4n) is 3.88. The van der Waals surface area contributed by atoms with Crippen LogP contribution in [0.25, 0.3) is 11.3 Å². The van der Waals surface area contributed by atoms with Gasteiger partial charge in [-0.25, -0.2) is 9.97 Å². The maximum Gasteiger partial charge on any atom is 0.126 e. The van der Waals surface area contributed by atoms with Crippen molar-refractivity contribution in [2.45, 2.75) is 38.3 Å². The molecular formula is C24H25BrClN5. The molecule has 0 amide bonds. The molecule has 0 saturated heterocycles. The molecule has 2 heterocycles. The SMILES string of the molecule is N=CC1CCC(Nc2cc(-c3cccc(NCc4cccc(Br)c4)n3)c(Cl)cn2)CC1. The van der Waals surface area contributed by atoms with Gasteiger partial charge in [-0.05, 0) is 73.7 Å². The third kappa shape index (κ3) is 5.83. The summed E-state index contributed by atoms with van der Waals surface area (Å²) in [5.74, 6) is 2.03. The number of rotatable bonds is 7. The maximum atomic E-state index is 7.45. The van der Waals surface area contributed by atoms with Crippen molar-refractivity contribution in [2.75, 3.05) is 10.6 Å². The highest BCUT2D eigenvalue weighted by Crippen LogP contribution is 2.31. The molecule has 0 unspecified atom stereocenters. The summed E-state index contributed by atoms with van der Waals surface area (Å²) in [6.45, 7) is 0.686. The van der Waals surface area contributed by atoms with Crippen LogP contribution in [-0.4, -0.2) is 22.2 Å². The van der Waals surface area contributed by atoms with Crippen molar-refractivity contribution in [3.8, 4) is 11.3 Å². The van der Waals surface area contributed by atoms with Gasteiger partial charge in [-0.3, -0.25) is 0 Å². The minimum atomic E-state index is 0.379. The Kier molecular flexibility index (Phi) is 7.20. The molecule has 7 heteroatoms. The highest BCUT2D eigenvalue weighted by molar-refractivity contribution is 9.10. The monoisotopic (exact) mass is 497 g/mol. The van der Waals surface area contributed by atoms with Crippen molar-refractivity contribution in [2.24, 2.45) is 5.92 Å². The Morgan fingerprint density at radius 3 is 2.65 bits per heavy atom. The highest BCUT2D eigenvalue weighted by Gasteiger charge is 2.20. The van der Waals surface area contributed by atoms with E-state index in [1.165, 1.54) is 5.56 Å². The first-order valence-corrected chi connectivity index (χ1v) is 11.7. The Hall–Kier alpha value is -2.44. The summed E-state index contributed by atoms with van der Waals surface area (Å²) in [4.78, 5) is 9.23. The van der Waals surface area contributed by atoms with E-state index in [2.05, 4.69) is 43.7 Å². The van der Waals surface area contributed by atoms with E-state index in [9.17, 15) is 0 Å². The first-order valence-electron chi connectivity index (χ1n) is 10.5. The van der Waals surface area contributed by atoms with E-state index in [-0.39, 0.29) is 0 Å². The van der Waals surface area contributed by atoms with E-state index < -0.39 is 0 Å². The number of nitrogens with one attached hydrogen (secondary N) is 3. The molecule has 1 aliphatic rings. The molecule has 160 valence electrons. The zero-order valence-corrected chi connectivity index (χ0v) is 19.5. The lowest BCUT2D eigenvalue weighted by molar-refractivity contribution is 0.411. The number of aromatic nitrogens is 2. The van der Waals surface area contributed by atoms with Gasteiger partial charge in [0.1, 0.15) is 11.6 Å². The molecule has 0 radical (unpaired) electrons. The van der Waals surface area contributed by atoms with Crippen molar-refractivity contribution >= 4 is 45.4 Å². The van der Waals surface area contributed by atoms with Crippen molar-refractivity contribution in [1.29, 1.82) is 5.41 Å². The van der Waals surface area contributed by atoms with E-state index in [0.29, 0.717) is 23.5 Å². The first-order chi connectivity index (χ1) is 15.1. The molecule has 0 aliphatic heterocycles. The summed E-state index contributed by atoms with van der Waals surface area (Å²) in [5.41, 5.74) is 2.84. The largest absolute Gasteiger partial charge is 0.367 e. The van der Waals surface area contributed by atoms with Gasteiger partial charge in [0.25, 0.3) is 0 Å². The molecule has 3 N–H and O–H groups in total. The van der Waals surface area contributed by atoms with Crippen LogP contribution in [0, 0.1) is 11.3 Å². The number of nitrogens with zero attached hydrogens (tertiary/aromatic N) is 2. The summed E-state index contributed by atoms with van der Waals surface area (Å²) < 4.78 is 1.06. The van der Waals surface area contributed by atoms with Crippen LogP contribution >= 0.6 is 27.5 Å². The Labute approximate surface area is 196 Å². The summed E-state index contributed by atoms with van der Waals surface area (Å²) in [6.07, 6.45) is 7.47. The van der Waals surface area contributed by atoms with Crippen LogP contribution in [-0.2, 0) is 6.54 Å². The number of pyridine rings is 2. The van der Waals surface area contributed by atoms with Crippen LogP contribution < -0.4 is 10.6 Å². The number of benzene rings is 1. The smallest absolute Gasteiger partial charge is 0.126 e. The molecule has 1 saturated carbocycles. The molecule has 2 aromatic heterocycles. The second kappa shape index (κ2) is 10.2. The van der Waals surface area contributed by atoms with Crippen LogP contribution in [0.15, 0.2) is 59.2 Å². The standard InChI is InChI=1S/C24H25BrClN5/c25-18-4-1-3-17(11-18)14-28-23-6-2-5-22(31-23)20-12-24(29-15-21(20)26)30-19-9-7-16(13-27)8-10-19/h1-6,11-13,15-16,19,27H,7-10,14H2,(H,28,31)(H,29,30). The third-order valence-corrected chi connectivity index (χ3v) is 6.40. The van der Waals surface area contributed by atoms with E-state index in [1.807, 2.05) is 36.4 Å². The van der Waals surface area contributed by atoms with Crippen molar-refractivity contribution in [1.82, 2.24) is 9.97 Å². The van der Waals surface area contributed by atoms with Gasteiger partial charge in [-0.2, -0.15) is 0 Å². The van der Waals surface area contributed by atoms with Crippen molar-refractivity contribution in [3.63, 3.8) is 0 Å². The van der Waals surface area contributed by atoms with Gasteiger partial charge in [0.05, 0.1) is 10.7 Å². The van der Waals surface area contributed by atoms with Crippen molar-refractivity contribution < 1.29 is 0 Å². The molecule has 4 rings (SSSR count). The van der Waals surface area contributed by atoms with Crippen LogP contribution in [0.5, 0.6) is 0 Å². The number of hydrogen-bond donors (Lipinski definition) is 3. The summed E-state index contributed by atoms with van der Waals surface area (Å²) >= 11 is 9.98. The predicted molar refractivity (Wildman–Crippen MR) is 132 cm³/mol. The quantitative estimate of drug-likeness (QED) is 0.313. The Morgan fingerprint density at radius 2 is 1.87 bits per heavy atom. The maximum absolute atomic E-state index is 7.45. The van der Waals surface area contributed by atoms with E-state index in [1.54, 1.807) is 12.4 Å². The summed E-state index contributed by atoms with van der Waals surface area (Å²) in [6, 6.07) is 16.5. The second-order valence-electron chi connectivity index (χ2n) is 7.86. The molecule has 1 aliphatic carbocycles. The summed E-state index contributed by atoms with van der Waals surface area (Å²) in [7, 11) is 0. The van der Waals surface area contributed by atoms with Gasteiger partial charge in [0, 0.05) is 28.8 Å². The van der Waals surface area contributed by atoms with Crippen LogP contribution in [0.1, 0.15) is 31.2 Å². The average Bonchev–Trinajstić information content (AvgIpc) is 2.80. The van der Waals surface area contributed by atoms with Gasteiger partial charge in [-0.1, -0.05) is 45.7 Å². The molecule has 5 nitrogen and oxygen atoms in total. The highest BCUT2D eigenvalue weighted by atomic mass is 79.9. The fourth-order valence-corrected chi connectivity index (χ4v) is 4.52. The number of halogens is 2. The van der Waals surface area contributed by atoms with Crippen LogP contribution in [0.2, 0.25) is 5.02 Å². The molecule has 0 spiro atoms. The predicted octanol–water partition coefficient (Wildman–Crippen LogP) is 6.79. The molecular weight excluding hydrogens is 474 g/mol. The number of hydrogen-bond acceptors (Lipinski definition) is 5. The zero-order chi connectivity index (χ0) is 21.6. The lowest BCUT2D eigenvalue weighted by Crippen LogP contribution is -2.26. The fraction of sp³-hybridized carbons (Fsp3) is 0.292. The van der Waals surface area contributed by atoms with E-state index in [4.69, 9.17) is 22.0 Å². The molecule has 0 atom stereocenters. The molecule has 1 aromatic carbocycles. The Morgan fingerprint density at radius 1 is 1.06 bits per heavy atom. The molecule has 3 aromatic rings. The van der Waals surface area contributed by atoms with Crippen LogP contribution in [0.3, 0.4) is 0 Å². The number of anilines is 2. The van der Waals surface area contributed by atoms with Gasteiger partial charge >= 0.3 is 0 Å². The van der Waals surface area contributed by atoms with Gasteiger partial charge in [0.15, 0.2) is 0 Å². The minimum absolute atomic E-state index is 0.379. The van der Waals surface area contributed by atoms with E-state index in [0.717, 1.165) is 53.0 Å².